The summed E-state index contributed by atoms with van der Waals surface area (Å²) in [6, 6.07) is 0. The van der Waals surface area contributed by atoms with E-state index in [1.807, 2.05) is 0 Å². The highest BCUT2D eigenvalue weighted by atomic mass is 32.2. The van der Waals surface area contributed by atoms with Gasteiger partial charge in [-0.1, -0.05) is 0 Å². The number of hydrogen-bond acceptors (Lipinski definition) is 3. The monoisotopic (exact) mass is 596 g/mol. The summed E-state index contributed by atoms with van der Waals surface area (Å²) in [4.78, 5) is 8.03. The van der Waals surface area contributed by atoms with Crippen molar-refractivity contribution in [2.45, 2.75) is 78.8 Å². The van der Waals surface area contributed by atoms with Crippen LogP contribution in [0.1, 0.15) is 26.2 Å². The molecule has 0 aliphatic carbocycles. The minimum atomic E-state index is -8.68. The molecule has 0 aliphatic heterocycles. The molecule has 1 unspecified atom stereocenters. The number of halogens is 17. The van der Waals surface area contributed by atoms with Crippen LogP contribution in [-0.2, 0) is 4.79 Å². The van der Waals surface area contributed by atoms with Crippen molar-refractivity contribution in [2.75, 3.05) is 5.75 Å². The zero-order valence-electron chi connectivity index (χ0n) is 17.0. The molecule has 0 radical (unpaired) electrons. The predicted molar refractivity (Wildman–Crippen MR) is 85.3 cm³/mol. The maximum Gasteiger partial charge on any atom is 0.460 e. The first-order chi connectivity index (χ1) is 15.4. The molecule has 3 nitrogen and oxygen atoms in total. The van der Waals surface area contributed by atoms with Gasteiger partial charge in [0.15, 0.2) is 0 Å². The molecule has 0 saturated heterocycles. The van der Waals surface area contributed by atoms with E-state index in [4.69, 9.17) is 5.11 Å². The van der Waals surface area contributed by atoms with Crippen LogP contribution >= 0.6 is 11.8 Å². The molecule has 0 bridgehead atoms. The van der Waals surface area contributed by atoms with E-state index in [1.165, 1.54) is 0 Å². The smallest absolute Gasteiger partial charge is 0.460 e. The van der Waals surface area contributed by atoms with Crippen molar-refractivity contribution in [3.8, 4) is 0 Å². The molecule has 0 heterocycles. The first-order valence-corrected chi connectivity index (χ1v) is 9.65. The third-order valence-electron chi connectivity index (χ3n) is 4.42. The summed E-state index contributed by atoms with van der Waals surface area (Å²) in [6.45, 7) is 0.698. The van der Waals surface area contributed by atoms with Gasteiger partial charge in [-0.05, 0) is 13.3 Å². The van der Waals surface area contributed by atoms with E-state index in [2.05, 4.69) is 0 Å². The highest BCUT2D eigenvalue weighted by molar-refractivity contribution is 8.00. The van der Waals surface area contributed by atoms with E-state index in [-0.39, 0.29) is 11.8 Å². The Bertz CT molecular complexity index is 791. The van der Waals surface area contributed by atoms with E-state index in [0.29, 0.717) is 6.92 Å². The standard InChI is InChI=1S/C15H13F17O3S/c1-7(35,3-2-6(33)34)36-5-4-8(16,17)9(18,19)10(20,21)11(22,23)12(24,25)13(26,27)14(28,29)15(30,31)32/h35H,2-5H2,1H3,(H,33,34). The number of rotatable bonds is 13. The Morgan fingerprint density at radius 3 is 1.28 bits per heavy atom. The Morgan fingerprint density at radius 1 is 0.611 bits per heavy atom. The van der Waals surface area contributed by atoms with Gasteiger partial charge in [-0.2, -0.15) is 74.6 Å². The van der Waals surface area contributed by atoms with Gasteiger partial charge >= 0.3 is 53.6 Å². The lowest BCUT2D eigenvalue weighted by molar-refractivity contribution is -0.461. The summed E-state index contributed by atoms with van der Waals surface area (Å²) in [5.41, 5.74) is 0. The lowest BCUT2D eigenvalue weighted by atomic mass is 9.88. The van der Waals surface area contributed by atoms with Crippen molar-refractivity contribution in [3.63, 3.8) is 0 Å². The van der Waals surface area contributed by atoms with E-state index in [0.717, 1.165) is 0 Å². The third-order valence-corrected chi connectivity index (χ3v) is 5.65. The maximum absolute atomic E-state index is 13.7. The Kier molecular flexibility index (Phi) is 9.34. The van der Waals surface area contributed by atoms with Crippen LogP contribution in [0.2, 0.25) is 0 Å². The number of carbonyl (C=O) groups is 1. The fraction of sp³-hybridized carbons (Fsp3) is 0.933. The Balaban J connectivity index is 6.18. The van der Waals surface area contributed by atoms with Gasteiger partial charge in [0.05, 0.1) is 0 Å². The summed E-state index contributed by atoms with van der Waals surface area (Å²) >= 11 is -0.248. The molecule has 216 valence electrons. The van der Waals surface area contributed by atoms with Crippen molar-refractivity contribution < 1.29 is 89.6 Å². The molecule has 0 aromatic heterocycles. The first-order valence-electron chi connectivity index (χ1n) is 8.67. The van der Waals surface area contributed by atoms with E-state index in [1.54, 1.807) is 0 Å². The molecule has 0 rings (SSSR count). The average molecular weight is 596 g/mol. The molecule has 0 aromatic carbocycles. The van der Waals surface area contributed by atoms with Crippen molar-refractivity contribution in [2.24, 2.45) is 0 Å². The molecule has 36 heavy (non-hydrogen) atoms. The van der Waals surface area contributed by atoms with Gasteiger partial charge in [-0.3, -0.25) is 4.79 Å². The molecule has 0 spiro atoms. The first kappa shape index (κ1) is 34.6. The lowest BCUT2D eigenvalue weighted by Crippen LogP contribution is -2.74. The van der Waals surface area contributed by atoms with E-state index < -0.39 is 83.6 Å². The summed E-state index contributed by atoms with van der Waals surface area (Å²) in [7, 11) is 0. The minimum Gasteiger partial charge on any atom is -0.481 e. The van der Waals surface area contributed by atoms with Crippen molar-refractivity contribution >= 4 is 17.7 Å². The highest BCUT2D eigenvalue weighted by Gasteiger charge is 2.95. The van der Waals surface area contributed by atoms with Crippen LogP contribution in [0, 0.1) is 0 Å². The predicted octanol–water partition coefficient (Wildman–Crippen LogP) is 6.69. The second-order valence-corrected chi connectivity index (χ2v) is 8.89. The number of aliphatic carboxylic acids is 1. The lowest BCUT2D eigenvalue weighted by Gasteiger charge is -2.42. The number of hydrogen-bond donors (Lipinski definition) is 2. The number of alkyl halides is 17. The number of carboxylic acids is 1. The maximum atomic E-state index is 13.7. The van der Waals surface area contributed by atoms with Gasteiger partial charge in [0.2, 0.25) is 0 Å². The van der Waals surface area contributed by atoms with Crippen LogP contribution in [0.4, 0.5) is 74.6 Å². The fourth-order valence-corrected chi connectivity index (χ4v) is 3.21. The molecule has 0 aromatic rings. The van der Waals surface area contributed by atoms with Crippen LogP contribution in [0.5, 0.6) is 0 Å². The van der Waals surface area contributed by atoms with Crippen LogP contribution in [0.3, 0.4) is 0 Å². The molecule has 0 amide bonds. The van der Waals surface area contributed by atoms with E-state index >= 15 is 0 Å². The molecule has 1 atom stereocenters. The third kappa shape index (κ3) is 5.69. The normalized spacial score (nSPS) is 17.2. The topological polar surface area (TPSA) is 57.5 Å². The fourth-order valence-electron chi connectivity index (χ4n) is 2.16. The molecular formula is C15H13F17O3S. The number of carboxylic acid groups (broad SMARTS) is 1. The number of aliphatic hydroxyl groups is 1. The molecule has 0 saturated carbocycles. The second kappa shape index (κ2) is 9.72. The second-order valence-electron chi connectivity index (χ2n) is 7.32. The highest BCUT2D eigenvalue weighted by Crippen LogP contribution is 2.64. The molecular weight excluding hydrogens is 583 g/mol. The quantitative estimate of drug-likeness (QED) is 0.184. The molecule has 0 fully saturated rings. The van der Waals surface area contributed by atoms with Crippen molar-refractivity contribution in [1.29, 1.82) is 0 Å². The van der Waals surface area contributed by atoms with Gasteiger partial charge < -0.3 is 10.2 Å². The Hall–Kier alpha value is -1.41. The van der Waals surface area contributed by atoms with Crippen molar-refractivity contribution in [3.05, 3.63) is 0 Å². The van der Waals surface area contributed by atoms with Crippen LogP contribution in [0.25, 0.3) is 0 Å². The van der Waals surface area contributed by atoms with Crippen molar-refractivity contribution in [1.82, 2.24) is 0 Å². The Morgan fingerprint density at radius 2 is 0.944 bits per heavy atom. The van der Waals surface area contributed by atoms with Crippen LogP contribution < -0.4 is 0 Å². The van der Waals surface area contributed by atoms with Gasteiger partial charge in [0, 0.05) is 18.6 Å². The zero-order valence-corrected chi connectivity index (χ0v) is 17.8. The van der Waals surface area contributed by atoms with E-state index in [9.17, 15) is 84.5 Å². The Labute approximate surface area is 193 Å². The summed E-state index contributed by atoms with van der Waals surface area (Å²) < 4.78 is 223. The van der Waals surface area contributed by atoms with Crippen LogP contribution in [0.15, 0.2) is 0 Å². The van der Waals surface area contributed by atoms with Gasteiger partial charge in [-0.25, -0.2) is 0 Å². The number of thioether (sulfide) groups is 1. The summed E-state index contributed by atoms with van der Waals surface area (Å²) in [6.07, 6.45) is -12.2. The van der Waals surface area contributed by atoms with Gasteiger partial charge in [0.1, 0.15) is 4.93 Å². The molecule has 21 heteroatoms. The van der Waals surface area contributed by atoms with Gasteiger partial charge in [-0.15, -0.1) is 11.8 Å². The minimum absolute atomic E-state index is 0.248. The van der Waals surface area contributed by atoms with Crippen LogP contribution in [-0.4, -0.2) is 74.5 Å². The zero-order chi connectivity index (χ0) is 29.6. The molecule has 0 aliphatic rings. The largest absolute Gasteiger partial charge is 0.481 e. The summed E-state index contributed by atoms with van der Waals surface area (Å²) in [5, 5.41) is 18.0. The average Bonchev–Trinajstić information content (AvgIpc) is 2.64. The van der Waals surface area contributed by atoms with Gasteiger partial charge in [0.25, 0.3) is 0 Å². The molecule has 2 N–H and O–H groups in total. The SMILES string of the molecule is CC(O)(CCC(=O)O)SCCC(F)(F)C(F)(F)C(F)(F)C(F)(F)C(F)(F)C(F)(F)C(F)(F)C(F)(F)F. The summed E-state index contributed by atoms with van der Waals surface area (Å²) in [5.74, 6) is -60.0.